The first-order chi connectivity index (χ1) is 14.4. The van der Waals surface area contributed by atoms with Gasteiger partial charge in [0.1, 0.15) is 4.90 Å². The average molecular weight is 427 g/mol. The third-order valence-corrected chi connectivity index (χ3v) is 7.81. The second-order valence-electron chi connectivity index (χ2n) is 7.89. The summed E-state index contributed by atoms with van der Waals surface area (Å²) >= 11 is 0. The van der Waals surface area contributed by atoms with Gasteiger partial charge in [-0.15, -0.1) is 0 Å². The standard InChI is InChI=1S/C23H26N2O4S/c1-2-20(18-12-11-16-7-3-4-8-17(16)15-18)24-22(26)13-14-25-23(27)19-9-5-6-10-21(19)30(25,28)29/h5-6,9-12,15,20H,2-4,7-8,13-14H2,1H3,(H,24,26)/t20-/m1/s1. The van der Waals surface area contributed by atoms with Crippen LogP contribution >= 0.6 is 0 Å². The fraction of sp³-hybridized carbons (Fsp3) is 0.391. The molecule has 30 heavy (non-hydrogen) atoms. The lowest BCUT2D eigenvalue weighted by atomic mass is 9.89. The van der Waals surface area contributed by atoms with E-state index in [2.05, 4.69) is 23.5 Å². The highest BCUT2D eigenvalue weighted by molar-refractivity contribution is 7.90. The van der Waals surface area contributed by atoms with Crippen LogP contribution in [0.5, 0.6) is 0 Å². The zero-order chi connectivity index (χ0) is 21.3. The van der Waals surface area contributed by atoms with Crippen LogP contribution in [-0.2, 0) is 27.7 Å². The molecule has 4 rings (SSSR count). The molecule has 0 saturated heterocycles. The smallest absolute Gasteiger partial charge is 0.269 e. The maximum Gasteiger partial charge on any atom is 0.269 e. The quantitative estimate of drug-likeness (QED) is 0.768. The molecule has 0 spiro atoms. The number of rotatable bonds is 6. The number of hydrogen-bond acceptors (Lipinski definition) is 4. The number of amides is 2. The minimum atomic E-state index is -3.88. The van der Waals surface area contributed by atoms with Crippen molar-refractivity contribution in [2.75, 3.05) is 6.54 Å². The SMILES string of the molecule is CC[C@@H](NC(=O)CCN1C(=O)c2ccccc2S1(=O)=O)c1ccc2c(c1)CCCC2. The van der Waals surface area contributed by atoms with Gasteiger partial charge in [-0.3, -0.25) is 9.59 Å². The van der Waals surface area contributed by atoms with Crippen LogP contribution in [-0.4, -0.2) is 31.1 Å². The van der Waals surface area contributed by atoms with Gasteiger partial charge in [0.05, 0.1) is 11.6 Å². The Bertz CT molecular complexity index is 1090. The molecule has 0 aromatic heterocycles. The van der Waals surface area contributed by atoms with Gasteiger partial charge in [0, 0.05) is 13.0 Å². The third kappa shape index (κ3) is 3.74. The van der Waals surface area contributed by atoms with Crippen molar-refractivity contribution in [1.29, 1.82) is 0 Å². The van der Waals surface area contributed by atoms with Crippen LogP contribution in [0.4, 0.5) is 0 Å². The Morgan fingerprint density at radius 2 is 1.83 bits per heavy atom. The molecular weight excluding hydrogens is 400 g/mol. The minimum absolute atomic E-state index is 0.0101. The lowest BCUT2D eigenvalue weighted by Gasteiger charge is -2.22. The Hall–Kier alpha value is -2.67. The van der Waals surface area contributed by atoms with Crippen LogP contribution in [0.3, 0.4) is 0 Å². The molecule has 7 heteroatoms. The molecule has 0 radical (unpaired) electrons. The predicted octanol–water partition coefficient (Wildman–Crippen LogP) is 3.37. The Morgan fingerprint density at radius 1 is 1.10 bits per heavy atom. The highest BCUT2D eigenvalue weighted by atomic mass is 32.2. The van der Waals surface area contributed by atoms with Crippen molar-refractivity contribution in [1.82, 2.24) is 9.62 Å². The van der Waals surface area contributed by atoms with Crippen molar-refractivity contribution in [3.05, 3.63) is 64.7 Å². The molecule has 2 aromatic rings. The molecule has 1 atom stereocenters. The number of hydrogen-bond donors (Lipinski definition) is 1. The molecule has 2 amide bonds. The summed E-state index contributed by atoms with van der Waals surface area (Å²) in [6.07, 6.45) is 5.27. The summed E-state index contributed by atoms with van der Waals surface area (Å²) in [4.78, 5) is 25.1. The lowest BCUT2D eigenvalue weighted by Crippen LogP contribution is -2.35. The molecule has 2 aromatic carbocycles. The second-order valence-corrected chi connectivity index (χ2v) is 9.72. The summed E-state index contributed by atoms with van der Waals surface area (Å²) in [5.41, 5.74) is 3.99. The molecule has 2 aliphatic rings. The van der Waals surface area contributed by atoms with Crippen LogP contribution in [0, 0.1) is 0 Å². The molecule has 0 saturated carbocycles. The Kier molecular flexibility index (Phi) is 5.64. The number of nitrogens with zero attached hydrogens (tertiary/aromatic N) is 1. The maximum absolute atomic E-state index is 12.6. The molecule has 0 bridgehead atoms. The molecule has 1 aliphatic heterocycles. The number of sulfonamides is 1. The monoisotopic (exact) mass is 426 g/mol. The van der Waals surface area contributed by atoms with E-state index in [0.29, 0.717) is 0 Å². The van der Waals surface area contributed by atoms with E-state index in [-0.39, 0.29) is 35.4 Å². The number of fused-ring (bicyclic) bond motifs is 2. The Balaban J connectivity index is 1.42. The summed E-state index contributed by atoms with van der Waals surface area (Å²) in [5.74, 6) is -0.835. The van der Waals surface area contributed by atoms with Gasteiger partial charge in [0.25, 0.3) is 15.9 Å². The minimum Gasteiger partial charge on any atom is -0.349 e. The van der Waals surface area contributed by atoms with Crippen molar-refractivity contribution in [3.63, 3.8) is 0 Å². The van der Waals surface area contributed by atoms with E-state index < -0.39 is 15.9 Å². The first kappa shape index (κ1) is 20.6. The fourth-order valence-electron chi connectivity index (χ4n) is 4.31. The number of nitrogens with one attached hydrogen (secondary N) is 1. The van der Waals surface area contributed by atoms with Gasteiger partial charge >= 0.3 is 0 Å². The van der Waals surface area contributed by atoms with E-state index in [9.17, 15) is 18.0 Å². The fourth-order valence-corrected chi connectivity index (χ4v) is 5.88. The van der Waals surface area contributed by atoms with Crippen LogP contribution in [0.25, 0.3) is 0 Å². The van der Waals surface area contributed by atoms with Crippen molar-refractivity contribution >= 4 is 21.8 Å². The van der Waals surface area contributed by atoms with E-state index in [1.54, 1.807) is 12.1 Å². The molecule has 0 unspecified atom stereocenters. The van der Waals surface area contributed by atoms with E-state index >= 15 is 0 Å². The second kappa shape index (κ2) is 8.22. The van der Waals surface area contributed by atoms with Gasteiger partial charge in [-0.05, 0) is 60.9 Å². The molecule has 1 heterocycles. The van der Waals surface area contributed by atoms with E-state index in [4.69, 9.17) is 0 Å². The molecule has 158 valence electrons. The number of carbonyl (C=O) groups is 2. The molecular formula is C23H26N2O4S. The Morgan fingerprint density at radius 3 is 2.57 bits per heavy atom. The topological polar surface area (TPSA) is 83.6 Å². The first-order valence-electron chi connectivity index (χ1n) is 10.5. The van der Waals surface area contributed by atoms with Crippen molar-refractivity contribution in [2.45, 2.75) is 56.4 Å². The number of benzene rings is 2. The van der Waals surface area contributed by atoms with Gasteiger partial charge in [0.15, 0.2) is 0 Å². The van der Waals surface area contributed by atoms with Gasteiger partial charge in [-0.25, -0.2) is 12.7 Å². The molecule has 1 aliphatic carbocycles. The van der Waals surface area contributed by atoms with Crippen molar-refractivity contribution in [2.24, 2.45) is 0 Å². The molecule has 6 nitrogen and oxygen atoms in total. The number of aryl methyl sites for hydroxylation is 2. The molecule has 1 N–H and O–H groups in total. The summed E-state index contributed by atoms with van der Waals surface area (Å²) in [6, 6.07) is 12.4. The first-order valence-corrected chi connectivity index (χ1v) is 11.9. The Labute approximate surface area is 177 Å². The summed E-state index contributed by atoms with van der Waals surface area (Å²) in [6.45, 7) is 1.85. The average Bonchev–Trinajstić information content (AvgIpc) is 2.95. The van der Waals surface area contributed by atoms with Crippen molar-refractivity contribution in [3.8, 4) is 0 Å². The lowest BCUT2D eigenvalue weighted by molar-refractivity contribution is -0.121. The molecule has 0 fully saturated rings. The third-order valence-electron chi connectivity index (χ3n) is 5.97. The van der Waals surface area contributed by atoms with Gasteiger partial charge in [-0.1, -0.05) is 37.3 Å². The van der Waals surface area contributed by atoms with Crippen LogP contribution in [0.15, 0.2) is 47.4 Å². The van der Waals surface area contributed by atoms with Crippen LogP contribution in [0.1, 0.15) is 65.7 Å². The van der Waals surface area contributed by atoms with Gasteiger partial charge < -0.3 is 5.32 Å². The zero-order valence-corrected chi connectivity index (χ0v) is 17.9. The predicted molar refractivity (Wildman–Crippen MR) is 114 cm³/mol. The summed E-state index contributed by atoms with van der Waals surface area (Å²) in [7, 11) is -3.88. The van der Waals surface area contributed by atoms with E-state index in [1.807, 2.05) is 6.92 Å². The zero-order valence-electron chi connectivity index (χ0n) is 17.1. The number of carbonyl (C=O) groups excluding carboxylic acids is 2. The largest absolute Gasteiger partial charge is 0.349 e. The van der Waals surface area contributed by atoms with E-state index in [0.717, 1.165) is 29.1 Å². The highest BCUT2D eigenvalue weighted by Crippen LogP contribution is 2.30. The van der Waals surface area contributed by atoms with Gasteiger partial charge in [0.2, 0.25) is 5.91 Å². The summed E-state index contributed by atoms with van der Waals surface area (Å²) in [5, 5.41) is 3.01. The van der Waals surface area contributed by atoms with Crippen molar-refractivity contribution < 1.29 is 18.0 Å². The normalized spacial score (nSPS) is 17.9. The van der Waals surface area contributed by atoms with E-state index in [1.165, 1.54) is 36.1 Å². The highest BCUT2D eigenvalue weighted by Gasteiger charge is 2.40. The maximum atomic E-state index is 12.6. The van der Waals surface area contributed by atoms with Crippen LogP contribution < -0.4 is 5.32 Å². The van der Waals surface area contributed by atoms with Crippen LogP contribution in [0.2, 0.25) is 0 Å². The summed E-state index contributed by atoms with van der Waals surface area (Å²) < 4.78 is 26.0. The van der Waals surface area contributed by atoms with Gasteiger partial charge in [-0.2, -0.15) is 0 Å².